The second kappa shape index (κ2) is 6.89. The molecule has 1 atom stereocenters. The molecule has 1 N–H and O–H groups in total. The Morgan fingerprint density at radius 3 is 2.32 bits per heavy atom. The second-order valence-electron chi connectivity index (χ2n) is 4.31. The van der Waals surface area contributed by atoms with Crippen molar-refractivity contribution < 1.29 is 5.11 Å². The Bertz CT molecular complexity index is 552. The van der Waals surface area contributed by atoms with Crippen LogP contribution in [0.25, 0.3) is 0 Å². The van der Waals surface area contributed by atoms with Gasteiger partial charge in [0.25, 0.3) is 0 Å². The zero-order valence-electron chi connectivity index (χ0n) is 10.1. The van der Waals surface area contributed by atoms with Gasteiger partial charge in [0, 0.05) is 14.0 Å². The molecular weight excluding hydrogens is 391 g/mol. The molecule has 0 spiro atoms. The minimum Gasteiger partial charge on any atom is -0.388 e. The van der Waals surface area contributed by atoms with Crippen LogP contribution in [0.1, 0.15) is 23.7 Å². The van der Waals surface area contributed by atoms with E-state index in [9.17, 15) is 5.11 Å². The van der Waals surface area contributed by atoms with Crippen LogP contribution in [0.4, 0.5) is 0 Å². The Hall–Kier alpha value is -0.350. The van der Waals surface area contributed by atoms with Crippen molar-refractivity contribution in [1.29, 1.82) is 0 Å². The molecule has 2 rings (SSSR count). The van der Waals surface area contributed by atoms with Crippen molar-refractivity contribution in [2.75, 3.05) is 0 Å². The molecule has 0 saturated carbocycles. The largest absolute Gasteiger partial charge is 0.388 e. The van der Waals surface area contributed by atoms with Crippen molar-refractivity contribution in [3.05, 3.63) is 67.6 Å². The molecule has 0 aliphatic carbocycles. The van der Waals surface area contributed by atoms with E-state index in [1.165, 1.54) is 5.56 Å². The van der Waals surface area contributed by atoms with Crippen molar-refractivity contribution >= 4 is 43.5 Å². The molecule has 0 amide bonds. The van der Waals surface area contributed by atoms with Crippen LogP contribution in [0.5, 0.6) is 0 Å². The summed E-state index contributed by atoms with van der Waals surface area (Å²) in [7, 11) is 0. The Morgan fingerprint density at radius 1 is 1.05 bits per heavy atom. The van der Waals surface area contributed by atoms with Crippen LogP contribution in [-0.4, -0.2) is 5.11 Å². The molecule has 4 heteroatoms. The molecule has 0 fully saturated rings. The SMILES string of the molecule is OC(CCc1c(Br)cccc1Br)c1cccc(Cl)c1. The first-order chi connectivity index (χ1) is 9.08. The molecule has 0 radical (unpaired) electrons. The van der Waals surface area contributed by atoms with Crippen molar-refractivity contribution in [3.63, 3.8) is 0 Å². The Morgan fingerprint density at radius 2 is 1.68 bits per heavy atom. The number of hydrogen-bond donors (Lipinski definition) is 1. The number of hydrogen-bond acceptors (Lipinski definition) is 1. The third-order valence-corrected chi connectivity index (χ3v) is 4.68. The van der Waals surface area contributed by atoms with Crippen LogP contribution in [0, 0.1) is 0 Å². The second-order valence-corrected chi connectivity index (χ2v) is 6.45. The van der Waals surface area contributed by atoms with Gasteiger partial charge in [0.2, 0.25) is 0 Å². The summed E-state index contributed by atoms with van der Waals surface area (Å²) >= 11 is 13.0. The molecule has 0 aliphatic heterocycles. The smallest absolute Gasteiger partial charge is 0.0793 e. The molecule has 1 unspecified atom stereocenters. The van der Waals surface area contributed by atoms with E-state index in [0.29, 0.717) is 11.4 Å². The van der Waals surface area contributed by atoms with E-state index in [0.717, 1.165) is 20.9 Å². The van der Waals surface area contributed by atoms with Crippen LogP contribution < -0.4 is 0 Å². The number of aliphatic hydroxyl groups excluding tert-OH is 1. The van der Waals surface area contributed by atoms with Gasteiger partial charge >= 0.3 is 0 Å². The van der Waals surface area contributed by atoms with Gasteiger partial charge < -0.3 is 5.11 Å². The summed E-state index contributed by atoms with van der Waals surface area (Å²) in [6.45, 7) is 0. The fourth-order valence-electron chi connectivity index (χ4n) is 1.93. The lowest BCUT2D eigenvalue weighted by Gasteiger charge is -2.13. The van der Waals surface area contributed by atoms with E-state index in [-0.39, 0.29) is 0 Å². The number of rotatable bonds is 4. The molecule has 0 aliphatic rings. The first-order valence-corrected chi connectivity index (χ1v) is 7.90. The minimum absolute atomic E-state index is 0.502. The average Bonchev–Trinajstić information content (AvgIpc) is 2.38. The van der Waals surface area contributed by atoms with E-state index in [4.69, 9.17) is 11.6 Å². The van der Waals surface area contributed by atoms with Crippen molar-refractivity contribution in [3.8, 4) is 0 Å². The van der Waals surface area contributed by atoms with Crippen molar-refractivity contribution in [2.24, 2.45) is 0 Å². The number of aliphatic hydroxyl groups is 1. The molecule has 1 nitrogen and oxygen atoms in total. The zero-order valence-corrected chi connectivity index (χ0v) is 14.0. The van der Waals surface area contributed by atoms with E-state index in [1.54, 1.807) is 6.07 Å². The van der Waals surface area contributed by atoms with Crippen LogP contribution >= 0.6 is 43.5 Å². The average molecular weight is 405 g/mol. The van der Waals surface area contributed by atoms with Gasteiger partial charge in [0.1, 0.15) is 0 Å². The first kappa shape index (κ1) is 15.0. The predicted octanol–water partition coefficient (Wildman–Crippen LogP) is 5.53. The van der Waals surface area contributed by atoms with Gasteiger partial charge in [0.15, 0.2) is 0 Å². The van der Waals surface area contributed by atoms with Gasteiger partial charge in [-0.05, 0) is 48.2 Å². The van der Waals surface area contributed by atoms with Gasteiger partial charge in [-0.15, -0.1) is 0 Å². The topological polar surface area (TPSA) is 20.2 Å². The standard InChI is InChI=1S/C15H13Br2ClO/c16-13-5-2-6-14(17)12(13)7-8-15(19)10-3-1-4-11(18)9-10/h1-6,9,15,19H,7-8H2. The summed E-state index contributed by atoms with van der Waals surface area (Å²) in [4.78, 5) is 0. The third kappa shape index (κ3) is 4.06. The monoisotopic (exact) mass is 402 g/mol. The zero-order chi connectivity index (χ0) is 13.8. The summed E-state index contributed by atoms with van der Waals surface area (Å²) < 4.78 is 2.11. The van der Waals surface area contributed by atoms with Crippen LogP contribution in [-0.2, 0) is 6.42 Å². The van der Waals surface area contributed by atoms with Gasteiger partial charge in [-0.3, -0.25) is 0 Å². The highest BCUT2D eigenvalue weighted by Gasteiger charge is 2.11. The summed E-state index contributed by atoms with van der Waals surface area (Å²) in [6.07, 6.45) is 0.940. The molecule has 2 aromatic carbocycles. The minimum atomic E-state index is -0.502. The van der Waals surface area contributed by atoms with Gasteiger partial charge in [-0.25, -0.2) is 0 Å². The lowest BCUT2D eigenvalue weighted by atomic mass is 10.0. The quantitative estimate of drug-likeness (QED) is 0.710. The maximum atomic E-state index is 10.2. The lowest BCUT2D eigenvalue weighted by Crippen LogP contribution is -2.00. The van der Waals surface area contributed by atoms with E-state index >= 15 is 0 Å². The van der Waals surface area contributed by atoms with E-state index < -0.39 is 6.10 Å². The molecular formula is C15H13Br2ClO. The lowest BCUT2D eigenvalue weighted by molar-refractivity contribution is 0.167. The first-order valence-electron chi connectivity index (χ1n) is 5.94. The fraction of sp³-hybridized carbons (Fsp3) is 0.200. The van der Waals surface area contributed by atoms with Gasteiger partial charge in [-0.2, -0.15) is 0 Å². The normalized spacial score (nSPS) is 12.4. The van der Waals surface area contributed by atoms with Gasteiger partial charge in [0.05, 0.1) is 6.10 Å². The number of halogens is 3. The summed E-state index contributed by atoms with van der Waals surface area (Å²) in [6, 6.07) is 13.4. The van der Waals surface area contributed by atoms with E-state index in [2.05, 4.69) is 31.9 Å². The summed E-state index contributed by atoms with van der Waals surface area (Å²) in [5.41, 5.74) is 2.03. The molecule has 0 heterocycles. The molecule has 100 valence electrons. The summed E-state index contributed by atoms with van der Waals surface area (Å²) in [5.74, 6) is 0. The fourth-order valence-corrected chi connectivity index (χ4v) is 3.53. The van der Waals surface area contributed by atoms with E-state index in [1.807, 2.05) is 36.4 Å². The maximum Gasteiger partial charge on any atom is 0.0793 e. The Kier molecular flexibility index (Phi) is 5.46. The van der Waals surface area contributed by atoms with Crippen LogP contribution in [0.3, 0.4) is 0 Å². The highest BCUT2D eigenvalue weighted by molar-refractivity contribution is 9.11. The number of benzene rings is 2. The van der Waals surface area contributed by atoms with Crippen LogP contribution in [0.15, 0.2) is 51.4 Å². The molecule has 0 bridgehead atoms. The molecule has 19 heavy (non-hydrogen) atoms. The highest BCUT2D eigenvalue weighted by Crippen LogP contribution is 2.29. The Balaban J connectivity index is 2.06. The maximum absolute atomic E-state index is 10.2. The predicted molar refractivity (Wildman–Crippen MR) is 86.6 cm³/mol. The third-order valence-electron chi connectivity index (χ3n) is 2.96. The van der Waals surface area contributed by atoms with Gasteiger partial charge in [-0.1, -0.05) is 61.7 Å². The van der Waals surface area contributed by atoms with Crippen molar-refractivity contribution in [2.45, 2.75) is 18.9 Å². The summed E-state index contributed by atoms with van der Waals surface area (Å²) in [5, 5.41) is 10.9. The molecule has 0 aromatic heterocycles. The molecule has 0 saturated heterocycles. The van der Waals surface area contributed by atoms with Crippen LogP contribution in [0.2, 0.25) is 5.02 Å². The highest BCUT2D eigenvalue weighted by atomic mass is 79.9. The Labute approximate surface area is 134 Å². The van der Waals surface area contributed by atoms with Crippen molar-refractivity contribution in [1.82, 2.24) is 0 Å². The molecule has 2 aromatic rings.